The molecule has 2 fully saturated rings. The third-order valence-electron chi connectivity index (χ3n) is 4.68. The summed E-state index contributed by atoms with van der Waals surface area (Å²) in [5.41, 5.74) is 1.45. The van der Waals surface area contributed by atoms with Gasteiger partial charge in [0.15, 0.2) is 0 Å². The van der Waals surface area contributed by atoms with Gasteiger partial charge in [-0.25, -0.2) is 4.98 Å². The first-order valence-corrected chi connectivity index (χ1v) is 6.50. The largest absolute Gasteiger partial charge is 0.331 e. The molecule has 0 spiro atoms. The Morgan fingerprint density at radius 3 is 2.69 bits per heavy atom. The standard InChI is InChI=1S/C13H21N3/c1-9-3-4-12(10(9)2)16-8-15-7-13(16)11-5-14-6-11/h7-12,14H,3-6H2,1-2H3. The van der Waals surface area contributed by atoms with Crippen LogP contribution in [0.5, 0.6) is 0 Å². The summed E-state index contributed by atoms with van der Waals surface area (Å²) in [6.07, 6.45) is 6.81. The molecule has 1 aliphatic heterocycles. The van der Waals surface area contributed by atoms with Gasteiger partial charge in [-0.1, -0.05) is 13.8 Å². The van der Waals surface area contributed by atoms with Crippen molar-refractivity contribution in [3.05, 3.63) is 18.2 Å². The average Bonchev–Trinajstić information content (AvgIpc) is 2.74. The van der Waals surface area contributed by atoms with Crippen LogP contribution in [0.15, 0.2) is 12.5 Å². The Morgan fingerprint density at radius 2 is 2.12 bits per heavy atom. The van der Waals surface area contributed by atoms with Gasteiger partial charge in [-0.05, 0) is 24.7 Å². The van der Waals surface area contributed by atoms with Crippen LogP contribution in [0.4, 0.5) is 0 Å². The van der Waals surface area contributed by atoms with Gasteiger partial charge in [0.2, 0.25) is 0 Å². The Bertz CT molecular complexity index is 367. The molecule has 1 saturated carbocycles. The lowest BCUT2D eigenvalue weighted by Gasteiger charge is -2.31. The maximum absolute atomic E-state index is 4.36. The fourth-order valence-electron chi connectivity index (χ4n) is 3.14. The van der Waals surface area contributed by atoms with E-state index in [1.54, 1.807) is 0 Å². The van der Waals surface area contributed by atoms with E-state index in [9.17, 15) is 0 Å². The van der Waals surface area contributed by atoms with Crippen molar-refractivity contribution in [2.24, 2.45) is 11.8 Å². The zero-order chi connectivity index (χ0) is 11.1. The summed E-state index contributed by atoms with van der Waals surface area (Å²) in [5.74, 6) is 2.35. The summed E-state index contributed by atoms with van der Waals surface area (Å²) in [6.45, 7) is 7.03. The minimum absolute atomic E-state index is 0.688. The van der Waals surface area contributed by atoms with Crippen LogP contribution >= 0.6 is 0 Å². The van der Waals surface area contributed by atoms with Gasteiger partial charge in [0.25, 0.3) is 0 Å². The minimum atomic E-state index is 0.688. The quantitative estimate of drug-likeness (QED) is 0.826. The molecule has 3 heteroatoms. The third kappa shape index (κ3) is 1.49. The van der Waals surface area contributed by atoms with Crippen molar-refractivity contribution < 1.29 is 0 Å². The van der Waals surface area contributed by atoms with Crippen molar-refractivity contribution in [1.29, 1.82) is 0 Å². The van der Waals surface area contributed by atoms with Crippen LogP contribution in [0, 0.1) is 11.8 Å². The van der Waals surface area contributed by atoms with Crippen LogP contribution in [-0.4, -0.2) is 22.6 Å². The minimum Gasteiger partial charge on any atom is -0.331 e. The van der Waals surface area contributed by atoms with Crippen molar-refractivity contribution in [3.8, 4) is 0 Å². The topological polar surface area (TPSA) is 29.9 Å². The van der Waals surface area contributed by atoms with Crippen molar-refractivity contribution >= 4 is 0 Å². The molecule has 88 valence electrons. The maximum atomic E-state index is 4.36. The van der Waals surface area contributed by atoms with E-state index in [1.807, 2.05) is 6.33 Å². The summed E-state index contributed by atoms with van der Waals surface area (Å²) >= 11 is 0. The van der Waals surface area contributed by atoms with Gasteiger partial charge < -0.3 is 9.88 Å². The molecule has 1 aliphatic carbocycles. The number of rotatable bonds is 2. The van der Waals surface area contributed by atoms with E-state index in [0.717, 1.165) is 24.9 Å². The van der Waals surface area contributed by atoms with Crippen LogP contribution < -0.4 is 5.32 Å². The Kier molecular flexibility index (Phi) is 2.51. The summed E-state index contributed by atoms with van der Waals surface area (Å²) < 4.78 is 2.46. The van der Waals surface area contributed by atoms with Gasteiger partial charge in [-0.15, -0.1) is 0 Å². The van der Waals surface area contributed by atoms with E-state index in [0.29, 0.717) is 12.0 Å². The lowest BCUT2D eigenvalue weighted by atomic mass is 9.95. The average molecular weight is 219 g/mol. The summed E-state index contributed by atoms with van der Waals surface area (Å²) in [6, 6.07) is 0.688. The van der Waals surface area contributed by atoms with E-state index >= 15 is 0 Å². The first-order chi connectivity index (χ1) is 7.77. The second-order valence-electron chi connectivity index (χ2n) is 5.56. The highest BCUT2D eigenvalue weighted by Crippen LogP contribution is 2.41. The van der Waals surface area contributed by atoms with E-state index in [-0.39, 0.29) is 0 Å². The van der Waals surface area contributed by atoms with Gasteiger partial charge in [0, 0.05) is 36.9 Å². The Labute approximate surface area is 97.3 Å². The number of hydrogen-bond donors (Lipinski definition) is 1. The first-order valence-electron chi connectivity index (χ1n) is 6.50. The molecule has 0 amide bonds. The zero-order valence-corrected chi connectivity index (χ0v) is 10.2. The van der Waals surface area contributed by atoms with E-state index in [1.165, 1.54) is 18.5 Å². The van der Waals surface area contributed by atoms with Crippen LogP contribution in [-0.2, 0) is 0 Å². The molecular formula is C13H21N3. The van der Waals surface area contributed by atoms with E-state index in [4.69, 9.17) is 0 Å². The molecule has 3 nitrogen and oxygen atoms in total. The fourth-order valence-corrected chi connectivity index (χ4v) is 3.14. The number of nitrogens with one attached hydrogen (secondary N) is 1. The molecule has 0 radical (unpaired) electrons. The predicted octanol–water partition coefficient (Wildman–Crippen LogP) is 2.18. The molecule has 3 rings (SSSR count). The zero-order valence-electron chi connectivity index (χ0n) is 10.2. The van der Waals surface area contributed by atoms with Crippen LogP contribution in [0.1, 0.15) is 44.3 Å². The molecule has 0 aromatic carbocycles. The van der Waals surface area contributed by atoms with Crippen molar-refractivity contribution in [3.63, 3.8) is 0 Å². The molecule has 0 bridgehead atoms. The van der Waals surface area contributed by atoms with Gasteiger partial charge in [0.05, 0.1) is 6.33 Å². The summed E-state index contributed by atoms with van der Waals surface area (Å²) in [4.78, 5) is 4.36. The highest BCUT2D eigenvalue weighted by atomic mass is 15.1. The highest BCUT2D eigenvalue weighted by Gasteiger charge is 2.33. The predicted molar refractivity (Wildman–Crippen MR) is 64.4 cm³/mol. The molecule has 1 saturated heterocycles. The summed E-state index contributed by atoms with van der Waals surface area (Å²) in [5, 5.41) is 3.35. The van der Waals surface area contributed by atoms with Crippen LogP contribution in [0.2, 0.25) is 0 Å². The molecule has 16 heavy (non-hydrogen) atoms. The normalized spacial score (nSPS) is 35.2. The molecule has 3 atom stereocenters. The summed E-state index contributed by atoms with van der Waals surface area (Å²) in [7, 11) is 0. The number of hydrogen-bond acceptors (Lipinski definition) is 2. The smallest absolute Gasteiger partial charge is 0.0950 e. The molecule has 2 heterocycles. The molecule has 1 aromatic rings. The second kappa shape index (κ2) is 3.88. The van der Waals surface area contributed by atoms with Gasteiger partial charge in [-0.3, -0.25) is 0 Å². The van der Waals surface area contributed by atoms with Gasteiger partial charge in [-0.2, -0.15) is 0 Å². The Balaban J connectivity index is 1.86. The van der Waals surface area contributed by atoms with Crippen LogP contribution in [0.3, 0.4) is 0 Å². The highest BCUT2D eigenvalue weighted by molar-refractivity contribution is 5.13. The SMILES string of the molecule is CC1CCC(n2cncc2C2CNC2)C1C. The molecule has 2 aliphatic rings. The lowest BCUT2D eigenvalue weighted by molar-refractivity contribution is 0.330. The molecule has 3 unspecified atom stereocenters. The monoisotopic (exact) mass is 219 g/mol. The number of aromatic nitrogens is 2. The van der Waals surface area contributed by atoms with E-state index in [2.05, 4.69) is 34.9 Å². The van der Waals surface area contributed by atoms with Crippen molar-refractivity contribution in [2.45, 2.75) is 38.6 Å². The maximum Gasteiger partial charge on any atom is 0.0950 e. The van der Waals surface area contributed by atoms with Gasteiger partial charge >= 0.3 is 0 Å². The van der Waals surface area contributed by atoms with Crippen LogP contribution in [0.25, 0.3) is 0 Å². The molecule has 1 N–H and O–H groups in total. The first kappa shape index (κ1) is 10.3. The molecular weight excluding hydrogens is 198 g/mol. The second-order valence-corrected chi connectivity index (χ2v) is 5.56. The molecule has 1 aromatic heterocycles. The lowest BCUT2D eigenvalue weighted by Crippen LogP contribution is -2.41. The Morgan fingerprint density at radius 1 is 1.31 bits per heavy atom. The third-order valence-corrected chi connectivity index (χ3v) is 4.68. The van der Waals surface area contributed by atoms with Crippen molar-refractivity contribution in [1.82, 2.24) is 14.9 Å². The Hall–Kier alpha value is -0.830. The number of imidazole rings is 1. The van der Waals surface area contributed by atoms with E-state index < -0.39 is 0 Å². The fraction of sp³-hybridized carbons (Fsp3) is 0.769. The number of nitrogens with zero attached hydrogens (tertiary/aromatic N) is 2. The van der Waals surface area contributed by atoms with Crippen molar-refractivity contribution in [2.75, 3.05) is 13.1 Å². The van der Waals surface area contributed by atoms with Gasteiger partial charge in [0.1, 0.15) is 0 Å².